The first kappa shape index (κ1) is 14.3. The quantitative estimate of drug-likeness (QED) is 0.711. The van der Waals surface area contributed by atoms with E-state index in [0.29, 0.717) is 12.1 Å². The van der Waals surface area contributed by atoms with E-state index in [9.17, 15) is 18.4 Å². The fourth-order valence-electron chi connectivity index (χ4n) is 1.12. The summed E-state index contributed by atoms with van der Waals surface area (Å²) in [6.45, 7) is -0.876. The van der Waals surface area contributed by atoms with Crippen LogP contribution in [0.2, 0.25) is 5.02 Å². The number of carboxylic acid groups (broad SMARTS) is 1. The lowest BCUT2D eigenvalue weighted by Crippen LogP contribution is -2.43. The lowest BCUT2D eigenvalue weighted by molar-refractivity contribution is -0.140. The molecular formula is C10H8ClF2NO4. The van der Waals surface area contributed by atoms with Crippen molar-refractivity contribution in [2.24, 2.45) is 0 Å². The van der Waals surface area contributed by atoms with Gasteiger partial charge in [0.05, 0.1) is 17.2 Å². The molecule has 0 heterocycles. The number of hydrogen-bond donors (Lipinski definition) is 3. The maximum absolute atomic E-state index is 13.3. The monoisotopic (exact) mass is 279 g/mol. The molecule has 3 N–H and O–H groups in total. The van der Waals surface area contributed by atoms with E-state index in [4.69, 9.17) is 21.8 Å². The van der Waals surface area contributed by atoms with Crippen molar-refractivity contribution >= 4 is 23.5 Å². The Hall–Kier alpha value is -1.73. The molecule has 0 bridgehead atoms. The minimum absolute atomic E-state index is 0.499. The number of halogens is 3. The largest absolute Gasteiger partial charge is 0.480 e. The van der Waals surface area contributed by atoms with Crippen molar-refractivity contribution in [3.05, 3.63) is 34.4 Å². The molecule has 1 unspecified atom stereocenters. The van der Waals surface area contributed by atoms with Crippen LogP contribution in [0.15, 0.2) is 12.1 Å². The number of benzene rings is 1. The first-order valence-corrected chi connectivity index (χ1v) is 5.03. The van der Waals surface area contributed by atoms with Crippen LogP contribution in [-0.4, -0.2) is 34.7 Å². The molecule has 0 spiro atoms. The van der Waals surface area contributed by atoms with E-state index in [2.05, 4.69) is 0 Å². The van der Waals surface area contributed by atoms with Crippen LogP contribution in [0.4, 0.5) is 8.78 Å². The van der Waals surface area contributed by atoms with Crippen molar-refractivity contribution < 1.29 is 28.6 Å². The van der Waals surface area contributed by atoms with Crippen molar-refractivity contribution in [3.63, 3.8) is 0 Å². The Morgan fingerprint density at radius 3 is 2.44 bits per heavy atom. The number of aliphatic carboxylic acids is 1. The Bertz CT molecular complexity index is 495. The maximum atomic E-state index is 13.3. The summed E-state index contributed by atoms with van der Waals surface area (Å²) in [7, 11) is 0. The van der Waals surface area contributed by atoms with Crippen LogP contribution in [0, 0.1) is 11.6 Å². The molecule has 1 aromatic carbocycles. The number of carboxylic acids is 1. The summed E-state index contributed by atoms with van der Waals surface area (Å²) in [5.74, 6) is -4.77. The first-order chi connectivity index (χ1) is 8.36. The molecule has 0 fully saturated rings. The van der Waals surface area contributed by atoms with Crippen molar-refractivity contribution in [3.8, 4) is 0 Å². The predicted octanol–water partition coefficient (Wildman–Crippen LogP) is 0.794. The maximum Gasteiger partial charge on any atom is 0.328 e. The summed E-state index contributed by atoms with van der Waals surface area (Å²) in [5.41, 5.74) is -0.698. The Kier molecular flexibility index (Phi) is 4.57. The van der Waals surface area contributed by atoms with Crippen LogP contribution in [0.1, 0.15) is 10.4 Å². The van der Waals surface area contributed by atoms with Crippen LogP contribution in [-0.2, 0) is 4.79 Å². The summed E-state index contributed by atoms with van der Waals surface area (Å²) in [5, 5.41) is 18.6. The van der Waals surface area contributed by atoms with E-state index in [1.807, 2.05) is 5.32 Å². The first-order valence-electron chi connectivity index (χ1n) is 4.66. The van der Waals surface area contributed by atoms with Gasteiger partial charge in [0, 0.05) is 0 Å². The highest BCUT2D eigenvalue weighted by Gasteiger charge is 2.22. The Morgan fingerprint density at radius 1 is 1.33 bits per heavy atom. The third-order valence-electron chi connectivity index (χ3n) is 2.04. The summed E-state index contributed by atoms with van der Waals surface area (Å²) in [6, 6.07) is -0.459. The molecule has 0 aliphatic rings. The predicted molar refractivity (Wildman–Crippen MR) is 57.3 cm³/mol. The van der Waals surface area contributed by atoms with Gasteiger partial charge in [0.25, 0.3) is 5.91 Å². The highest BCUT2D eigenvalue weighted by atomic mass is 35.5. The standard InChI is InChI=1S/C10H8ClF2NO4/c11-5-2-6(12)4(1-7(5)13)9(16)14-8(3-15)10(17)18/h1-2,8,15H,3H2,(H,14,16)(H,17,18). The van der Waals surface area contributed by atoms with E-state index in [0.717, 1.165) is 0 Å². The van der Waals surface area contributed by atoms with Crippen LogP contribution in [0.5, 0.6) is 0 Å². The molecule has 8 heteroatoms. The van der Waals surface area contributed by atoms with Crippen molar-refractivity contribution in [2.45, 2.75) is 6.04 Å². The second kappa shape index (κ2) is 5.74. The molecule has 0 aliphatic carbocycles. The smallest absolute Gasteiger partial charge is 0.328 e. The molecule has 0 saturated carbocycles. The van der Waals surface area contributed by atoms with Gasteiger partial charge in [-0.2, -0.15) is 0 Å². The van der Waals surface area contributed by atoms with Crippen LogP contribution in [0.3, 0.4) is 0 Å². The highest BCUT2D eigenvalue weighted by Crippen LogP contribution is 2.19. The summed E-state index contributed by atoms with van der Waals surface area (Å²) in [6.07, 6.45) is 0. The second-order valence-corrected chi connectivity index (χ2v) is 3.70. The van der Waals surface area contributed by atoms with Crippen molar-refractivity contribution in [1.82, 2.24) is 5.32 Å². The lowest BCUT2D eigenvalue weighted by atomic mass is 10.1. The van der Waals surface area contributed by atoms with Gasteiger partial charge in [-0.15, -0.1) is 0 Å². The van der Waals surface area contributed by atoms with Crippen LogP contribution < -0.4 is 5.32 Å². The zero-order valence-corrected chi connectivity index (χ0v) is 9.54. The molecule has 18 heavy (non-hydrogen) atoms. The number of nitrogens with one attached hydrogen (secondary N) is 1. The second-order valence-electron chi connectivity index (χ2n) is 3.29. The fourth-order valence-corrected chi connectivity index (χ4v) is 1.27. The molecule has 1 rings (SSSR count). The fraction of sp³-hybridized carbons (Fsp3) is 0.200. The average Bonchev–Trinajstić information content (AvgIpc) is 2.29. The van der Waals surface area contributed by atoms with E-state index in [1.165, 1.54) is 0 Å². The molecule has 5 nitrogen and oxygen atoms in total. The van der Waals surface area contributed by atoms with Gasteiger partial charge in [-0.1, -0.05) is 11.6 Å². The van der Waals surface area contributed by atoms with E-state index in [-0.39, 0.29) is 0 Å². The summed E-state index contributed by atoms with van der Waals surface area (Å²) >= 11 is 5.29. The molecule has 1 aromatic rings. The van der Waals surface area contributed by atoms with Gasteiger partial charge in [0.1, 0.15) is 11.6 Å². The van der Waals surface area contributed by atoms with Gasteiger partial charge in [0.2, 0.25) is 0 Å². The van der Waals surface area contributed by atoms with Gasteiger partial charge < -0.3 is 15.5 Å². The zero-order chi connectivity index (χ0) is 13.9. The minimum atomic E-state index is -1.60. The molecule has 98 valence electrons. The molecule has 1 amide bonds. The third kappa shape index (κ3) is 3.14. The molecule has 1 atom stereocenters. The molecule has 0 aromatic heterocycles. The number of carbonyl (C=O) groups is 2. The summed E-state index contributed by atoms with van der Waals surface area (Å²) < 4.78 is 26.4. The normalized spacial score (nSPS) is 12.0. The number of carbonyl (C=O) groups excluding carboxylic acids is 1. The number of aliphatic hydroxyl groups is 1. The van der Waals surface area contributed by atoms with Crippen molar-refractivity contribution in [2.75, 3.05) is 6.61 Å². The molecule has 0 radical (unpaired) electrons. The van der Waals surface area contributed by atoms with Crippen molar-refractivity contribution in [1.29, 1.82) is 0 Å². The number of amides is 1. The molecule has 0 aliphatic heterocycles. The highest BCUT2D eigenvalue weighted by molar-refractivity contribution is 6.30. The zero-order valence-electron chi connectivity index (χ0n) is 8.78. The number of rotatable bonds is 4. The van der Waals surface area contributed by atoms with Crippen LogP contribution in [0.25, 0.3) is 0 Å². The van der Waals surface area contributed by atoms with E-state index in [1.54, 1.807) is 0 Å². The lowest BCUT2D eigenvalue weighted by Gasteiger charge is -2.12. The summed E-state index contributed by atoms with van der Waals surface area (Å²) in [4.78, 5) is 22.0. The molecular weight excluding hydrogens is 272 g/mol. The Labute approximate surface area is 105 Å². The van der Waals surface area contributed by atoms with Gasteiger partial charge in [-0.05, 0) is 12.1 Å². The minimum Gasteiger partial charge on any atom is -0.480 e. The van der Waals surface area contributed by atoms with Gasteiger partial charge >= 0.3 is 5.97 Å². The van der Waals surface area contributed by atoms with Gasteiger partial charge in [0.15, 0.2) is 6.04 Å². The Balaban J connectivity index is 2.97. The average molecular weight is 280 g/mol. The topological polar surface area (TPSA) is 86.6 Å². The SMILES string of the molecule is O=C(NC(CO)C(=O)O)c1cc(F)c(Cl)cc1F. The number of hydrogen-bond acceptors (Lipinski definition) is 3. The molecule has 0 saturated heterocycles. The van der Waals surface area contributed by atoms with Gasteiger partial charge in [-0.25, -0.2) is 13.6 Å². The van der Waals surface area contributed by atoms with Crippen LogP contribution >= 0.6 is 11.6 Å². The Morgan fingerprint density at radius 2 is 1.94 bits per heavy atom. The van der Waals surface area contributed by atoms with Gasteiger partial charge in [-0.3, -0.25) is 4.79 Å². The van der Waals surface area contributed by atoms with E-state index < -0.39 is 46.7 Å². The third-order valence-corrected chi connectivity index (χ3v) is 2.33. The number of aliphatic hydroxyl groups excluding tert-OH is 1. The van der Waals surface area contributed by atoms with E-state index >= 15 is 0 Å².